The maximum atomic E-state index is 11.8. The van der Waals surface area contributed by atoms with E-state index in [-0.39, 0.29) is 15.4 Å². The fourth-order valence-corrected chi connectivity index (χ4v) is 2.33. The molecule has 0 spiro atoms. The van der Waals surface area contributed by atoms with Gasteiger partial charge in [0, 0.05) is 16.7 Å². The number of hydrogen-bond donors (Lipinski definition) is 2. The predicted octanol–water partition coefficient (Wildman–Crippen LogP) is 2.38. The van der Waals surface area contributed by atoms with Crippen LogP contribution in [0.3, 0.4) is 0 Å². The molecule has 2 amide bonds. The molecule has 9 heteroatoms. The molecule has 2 aromatic rings. The molecule has 0 saturated heterocycles. The zero-order valence-corrected chi connectivity index (χ0v) is 11.9. The van der Waals surface area contributed by atoms with Gasteiger partial charge in [-0.15, -0.1) is 0 Å². The van der Waals surface area contributed by atoms with E-state index >= 15 is 0 Å². The van der Waals surface area contributed by atoms with E-state index in [1.807, 2.05) is 0 Å². The SMILES string of the molecule is O=C(NNC(=O)c1ccc([N+](=O)[O-])s1)c1cccc(Cl)c1. The third-order valence-corrected chi connectivity index (χ3v) is 3.64. The highest BCUT2D eigenvalue weighted by Gasteiger charge is 2.16. The number of nitro groups is 1. The van der Waals surface area contributed by atoms with Crippen LogP contribution in [0, 0.1) is 10.1 Å². The van der Waals surface area contributed by atoms with E-state index in [4.69, 9.17) is 11.6 Å². The molecule has 0 aliphatic heterocycles. The summed E-state index contributed by atoms with van der Waals surface area (Å²) in [6.07, 6.45) is 0. The number of carbonyl (C=O) groups is 2. The minimum absolute atomic E-state index is 0.119. The molecule has 0 saturated carbocycles. The van der Waals surface area contributed by atoms with Gasteiger partial charge in [0.05, 0.1) is 4.92 Å². The Morgan fingerprint density at radius 2 is 1.86 bits per heavy atom. The molecular weight excluding hydrogens is 318 g/mol. The van der Waals surface area contributed by atoms with Gasteiger partial charge >= 0.3 is 5.00 Å². The van der Waals surface area contributed by atoms with E-state index in [2.05, 4.69) is 10.9 Å². The van der Waals surface area contributed by atoms with Crippen LogP contribution >= 0.6 is 22.9 Å². The first-order chi connectivity index (χ1) is 9.97. The van der Waals surface area contributed by atoms with Crippen LogP contribution in [0.15, 0.2) is 36.4 Å². The van der Waals surface area contributed by atoms with Crippen LogP contribution in [0.5, 0.6) is 0 Å². The minimum atomic E-state index is -0.636. The molecule has 1 aromatic heterocycles. The normalized spacial score (nSPS) is 9.95. The average molecular weight is 326 g/mol. The van der Waals surface area contributed by atoms with E-state index in [9.17, 15) is 19.7 Å². The molecule has 0 fully saturated rings. The average Bonchev–Trinajstić information content (AvgIpc) is 2.94. The number of benzene rings is 1. The Kier molecular flexibility index (Phi) is 4.51. The first-order valence-corrected chi connectivity index (χ1v) is 6.77. The van der Waals surface area contributed by atoms with Crippen molar-refractivity contribution in [2.45, 2.75) is 0 Å². The molecule has 0 aliphatic carbocycles. The molecule has 108 valence electrons. The van der Waals surface area contributed by atoms with Gasteiger partial charge < -0.3 is 0 Å². The van der Waals surface area contributed by atoms with Gasteiger partial charge in [-0.1, -0.05) is 29.0 Å². The lowest BCUT2D eigenvalue weighted by Crippen LogP contribution is -2.41. The number of rotatable bonds is 3. The van der Waals surface area contributed by atoms with Crippen molar-refractivity contribution in [3.05, 3.63) is 62.0 Å². The number of halogens is 1. The summed E-state index contributed by atoms with van der Waals surface area (Å²) < 4.78 is 0. The van der Waals surface area contributed by atoms with Crippen molar-refractivity contribution in [2.75, 3.05) is 0 Å². The summed E-state index contributed by atoms with van der Waals surface area (Å²) in [6, 6.07) is 8.72. The molecule has 1 aromatic carbocycles. The molecule has 0 bridgehead atoms. The molecule has 2 N–H and O–H groups in total. The summed E-state index contributed by atoms with van der Waals surface area (Å²) >= 11 is 6.47. The van der Waals surface area contributed by atoms with Gasteiger partial charge in [0.25, 0.3) is 11.8 Å². The molecule has 7 nitrogen and oxygen atoms in total. The van der Waals surface area contributed by atoms with Crippen molar-refractivity contribution in [1.29, 1.82) is 0 Å². The van der Waals surface area contributed by atoms with Crippen LogP contribution in [0.1, 0.15) is 20.0 Å². The predicted molar refractivity (Wildman–Crippen MR) is 77.4 cm³/mol. The van der Waals surface area contributed by atoms with Crippen molar-refractivity contribution in [1.82, 2.24) is 10.9 Å². The van der Waals surface area contributed by atoms with E-state index in [1.54, 1.807) is 12.1 Å². The van der Waals surface area contributed by atoms with Crippen molar-refractivity contribution in [3.8, 4) is 0 Å². The van der Waals surface area contributed by atoms with Crippen molar-refractivity contribution < 1.29 is 14.5 Å². The zero-order valence-electron chi connectivity index (χ0n) is 10.3. The monoisotopic (exact) mass is 325 g/mol. The third kappa shape index (κ3) is 3.77. The van der Waals surface area contributed by atoms with Gasteiger partial charge in [-0.3, -0.25) is 30.6 Å². The zero-order chi connectivity index (χ0) is 15.4. The molecule has 1 heterocycles. The second kappa shape index (κ2) is 6.33. The topological polar surface area (TPSA) is 101 Å². The fourth-order valence-electron chi connectivity index (χ4n) is 1.42. The Balaban J connectivity index is 1.97. The van der Waals surface area contributed by atoms with E-state index in [0.29, 0.717) is 16.4 Å². The number of thiophene rings is 1. The lowest BCUT2D eigenvalue weighted by Gasteiger charge is -2.06. The van der Waals surface area contributed by atoms with Crippen LogP contribution < -0.4 is 10.9 Å². The maximum absolute atomic E-state index is 11.8. The number of hydrogen-bond acceptors (Lipinski definition) is 5. The highest BCUT2D eigenvalue weighted by Crippen LogP contribution is 2.23. The smallest absolute Gasteiger partial charge is 0.267 e. The molecule has 0 radical (unpaired) electrons. The first-order valence-electron chi connectivity index (χ1n) is 5.58. The standard InChI is InChI=1S/C12H8ClN3O4S/c13-8-3-1-2-7(6-8)11(17)14-15-12(18)9-4-5-10(21-9)16(19)20/h1-6H,(H,14,17)(H,15,18). The second-order valence-corrected chi connectivity index (χ2v) is 5.31. The molecule has 0 aliphatic rings. The van der Waals surface area contributed by atoms with Gasteiger partial charge in [0.2, 0.25) is 0 Å². The summed E-state index contributed by atoms with van der Waals surface area (Å²) in [7, 11) is 0. The summed E-state index contributed by atoms with van der Waals surface area (Å²) in [5.74, 6) is -1.18. The van der Waals surface area contributed by atoms with Crippen molar-refractivity contribution >= 4 is 39.8 Å². The largest absolute Gasteiger partial charge is 0.324 e. The fraction of sp³-hybridized carbons (Fsp3) is 0. The molecule has 21 heavy (non-hydrogen) atoms. The number of amides is 2. The Morgan fingerprint density at radius 1 is 1.14 bits per heavy atom. The van der Waals surface area contributed by atoms with Crippen LogP contribution in [0.4, 0.5) is 5.00 Å². The highest BCUT2D eigenvalue weighted by atomic mass is 35.5. The Hall–Kier alpha value is -2.45. The van der Waals surface area contributed by atoms with Crippen LogP contribution in [0.25, 0.3) is 0 Å². The van der Waals surface area contributed by atoms with Gasteiger partial charge in [-0.25, -0.2) is 0 Å². The Morgan fingerprint density at radius 3 is 2.48 bits per heavy atom. The number of nitrogens with one attached hydrogen (secondary N) is 2. The summed E-state index contributed by atoms with van der Waals surface area (Å²) in [5.41, 5.74) is 4.66. The lowest BCUT2D eigenvalue weighted by molar-refractivity contribution is -0.380. The second-order valence-electron chi connectivity index (χ2n) is 3.81. The van der Waals surface area contributed by atoms with Crippen LogP contribution in [-0.2, 0) is 0 Å². The van der Waals surface area contributed by atoms with Crippen molar-refractivity contribution in [3.63, 3.8) is 0 Å². The summed E-state index contributed by atoms with van der Waals surface area (Å²) in [4.78, 5) is 33.5. The van der Waals surface area contributed by atoms with Gasteiger partial charge in [0.1, 0.15) is 4.88 Å². The van der Waals surface area contributed by atoms with Gasteiger partial charge in [-0.2, -0.15) is 0 Å². The number of carbonyl (C=O) groups excluding carboxylic acids is 2. The van der Waals surface area contributed by atoms with Gasteiger partial charge in [0.15, 0.2) is 0 Å². The molecule has 0 unspecified atom stereocenters. The Bertz CT molecular complexity index is 716. The van der Waals surface area contributed by atoms with E-state index < -0.39 is 16.7 Å². The summed E-state index contributed by atoms with van der Waals surface area (Å²) in [5, 5.41) is 10.8. The number of nitrogens with zero attached hydrogens (tertiary/aromatic N) is 1. The van der Waals surface area contributed by atoms with Gasteiger partial charge in [-0.05, 0) is 24.3 Å². The number of hydrazine groups is 1. The van der Waals surface area contributed by atoms with Crippen LogP contribution in [-0.4, -0.2) is 16.7 Å². The van der Waals surface area contributed by atoms with E-state index in [1.165, 1.54) is 24.3 Å². The van der Waals surface area contributed by atoms with Crippen LogP contribution in [0.2, 0.25) is 5.02 Å². The first kappa shape index (κ1) is 14.9. The molecule has 2 rings (SSSR count). The van der Waals surface area contributed by atoms with E-state index in [0.717, 1.165) is 0 Å². The van der Waals surface area contributed by atoms with Crippen molar-refractivity contribution in [2.24, 2.45) is 0 Å². The maximum Gasteiger partial charge on any atom is 0.324 e. The highest BCUT2D eigenvalue weighted by molar-refractivity contribution is 7.17. The molecular formula is C12H8ClN3O4S. The minimum Gasteiger partial charge on any atom is -0.267 e. The lowest BCUT2D eigenvalue weighted by atomic mass is 10.2. The Labute approximate surface area is 127 Å². The quantitative estimate of drug-likeness (QED) is 0.668. The molecule has 0 atom stereocenters. The third-order valence-electron chi connectivity index (χ3n) is 2.37. The summed E-state index contributed by atoms with van der Waals surface area (Å²) in [6.45, 7) is 0.